The number of anilines is 1. The zero-order chi connectivity index (χ0) is 20.6. The van der Waals surface area contributed by atoms with Crippen molar-refractivity contribution in [3.63, 3.8) is 0 Å². The number of rotatable bonds is 9. The van der Waals surface area contributed by atoms with Crippen molar-refractivity contribution < 1.29 is 28.7 Å². The van der Waals surface area contributed by atoms with Crippen LogP contribution >= 0.6 is 0 Å². The van der Waals surface area contributed by atoms with Crippen molar-refractivity contribution in [2.24, 2.45) is 0 Å². The molecular weight excluding hydrogens is 380 g/mol. The number of nitro benzene ring substituents is 1. The molecule has 1 aromatic heterocycles. The molecule has 3 aromatic rings. The van der Waals surface area contributed by atoms with Gasteiger partial charge in [0.15, 0.2) is 5.76 Å². The van der Waals surface area contributed by atoms with Gasteiger partial charge in [0.1, 0.15) is 30.8 Å². The van der Waals surface area contributed by atoms with E-state index in [4.69, 9.17) is 13.9 Å². The first-order valence-corrected chi connectivity index (χ1v) is 8.64. The Kier molecular flexibility index (Phi) is 6.43. The van der Waals surface area contributed by atoms with E-state index in [1.54, 1.807) is 42.5 Å². The number of carbonyl (C=O) groups excluding carboxylic acids is 1. The highest BCUT2D eigenvalue weighted by Gasteiger charge is 2.11. The number of aliphatic hydroxyl groups excluding tert-OH is 1. The molecule has 0 saturated heterocycles. The van der Waals surface area contributed by atoms with Gasteiger partial charge in [0.25, 0.3) is 11.6 Å². The second kappa shape index (κ2) is 9.38. The molecule has 0 aliphatic rings. The van der Waals surface area contributed by atoms with Crippen molar-refractivity contribution >= 4 is 17.3 Å². The molecule has 0 saturated carbocycles. The standard InChI is InChI=1S/C20H18N2O7/c23-16(13-29-18-4-1-3-15(11-18)22(25)26)12-28-17-8-6-14(7-9-17)21-20(24)19-5-2-10-27-19/h1-11,16,23H,12-13H2,(H,21,24). The number of furan rings is 1. The molecule has 0 radical (unpaired) electrons. The highest BCUT2D eigenvalue weighted by atomic mass is 16.6. The Bertz CT molecular complexity index is 955. The zero-order valence-electron chi connectivity index (χ0n) is 15.2. The van der Waals surface area contributed by atoms with Crippen molar-refractivity contribution in [2.45, 2.75) is 6.10 Å². The van der Waals surface area contributed by atoms with E-state index in [0.717, 1.165) is 0 Å². The molecule has 1 unspecified atom stereocenters. The Morgan fingerprint density at radius 2 is 1.79 bits per heavy atom. The summed E-state index contributed by atoms with van der Waals surface area (Å²) in [7, 11) is 0. The average molecular weight is 398 g/mol. The van der Waals surface area contributed by atoms with Gasteiger partial charge in [0.2, 0.25) is 0 Å². The summed E-state index contributed by atoms with van der Waals surface area (Å²) in [5, 5.41) is 23.4. The van der Waals surface area contributed by atoms with Gasteiger partial charge in [-0.3, -0.25) is 14.9 Å². The third-order valence-corrected chi connectivity index (χ3v) is 3.77. The van der Waals surface area contributed by atoms with Gasteiger partial charge in [0, 0.05) is 11.8 Å². The molecule has 0 aliphatic heterocycles. The van der Waals surface area contributed by atoms with E-state index in [1.807, 2.05) is 0 Å². The lowest BCUT2D eigenvalue weighted by Crippen LogP contribution is -2.25. The molecule has 150 valence electrons. The number of amides is 1. The molecule has 9 nitrogen and oxygen atoms in total. The number of nitro groups is 1. The number of hydrogen-bond donors (Lipinski definition) is 2. The molecule has 1 atom stereocenters. The van der Waals surface area contributed by atoms with Crippen LogP contribution in [0.25, 0.3) is 0 Å². The molecule has 29 heavy (non-hydrogen) atoms. The van der Waals surface area contributed by atoms with Crippen LogP contribution in [0.5, 0.6) is 11.5 Å². The fourth-order valence-electron chi connectivity index (χ4n) is 2.35. The topological polar surface area (TPSA) is 124 Å². The summed E-state index contributed by atoms with van der Waals surface area (Å²) in [6.45, 7) is -0.120. The van der Waals surface area contributed by atoms with Crippen molar-refractivity contribution in [1.29, 1.82) is 0 Å². The van der Waals surface area contributed by atoms with Gasteiger partial charge >= 0.3 is 0 Å². The lowest BCUT2D eigenvalue weighted by atomic mass is 10.3. The summed E-state index contributed by atoms with van der Waals surface area (Å²) >= 11 is 0. The lowest BCUT2D eigenvalue weighted by molar-refractivity contribution is -0.384. The van der Waals surface area contributed by atoms with E-state index in [9.17, 15) is 20.0 Å². The van der Waals surface area contributed by atoms with Crippen molar-refractivity contribution in [3.05, 3.63) is 82.8 Å². The molecule has 0 bridgehead atoms. The van der Waals surface area contributed by atoms with E-state index in [2.05, 4.69) is 5.32 Å². The van der Waals surface area contributed by atoms with Crippen LogP contribution in [-0.2, 0) is 0 Å². The predicted octanol–water partition coefficient (Wildman–Crippen LogP) is 3.26. The fourth-order valence-corrected chi connectivity index (χ4v) is 2.35. The number of benzene rings is 2. The van der Waals surface area contributed by atoms with E-state index in [0.29, 0.717) is 11.4 Å². The highest BCUT2D eigenvalue weighted by molar-refractivity contribution is 6.02. The van der Waals surface area contributed by atoms with Crippen LogP contribution in [0, 0.1) is 10.1 Å². The summed E-state index contributed by atoms with van der Waals surface area (Å²) < 4.78 is 15.9. The Labute approximate surface area is 165 Å². The van der Waals surface area contributed by atoms with Crippen molar-refractivity contribution in [1.82, 2.24) is 0 Å². The average Bonchev–Trinajstić information content (AvgIpc) is 3.27. The van der Waals surface area contributed by atoms with Gasteiger partial charge < -0.3 is 24.3 Å². The molecule has 3 rings (SSSR count). The summed E-state index contributed by atoms with van der Waals surface area (Å²) in [5.74, 6) is 0.625. The van der Waals surface area contributed by atoms with E-state index in [1.165, 1.54) is 24.5 Å². The third kappa shape index (κ3) is 5.81. The van der Waals surface area contributed by atoms with Gasteiger partial charge in [0.05, 0.1) is 17.3 Å². The molecule has 9 heteroatoms. The Morgan fingerprint density at radius 1 is 1.07 bits per heavy atom. The number of non-ortho nitro benzene ring substituents is 1. The third-order valence-electron chi connectivity index (χ3n) is 3.77. The van der Waals surface area contributed by atoms with Crippen molar-refractivity contribution in [3.8, 4) is 11.5 Å². The van der Waals surface area contributed by atoms with Crippen LogP contribution in [0.15, 0.2) is 71.3 Å². The molecule has 0 aliphatic carbocycles. The Morgan fingerprint density at radius 3 is 2.45 bits per heavy atom. The fraction of sp³-hybridized carbons (Fsp3) is 0.150. The van der Waals surface area contributed by atoms with E-state index >= 15 is 0 Å². The van der Waals surface area contributed by atoms with Crippen LogP contribution in [0.1, 0.15) is 10.6 Å². The monoisotopic (exact) mass is 398 g/mol. The first-order chi connectivity index (χ1) is 14.0. The van der Waals surface area contributed by atoms with Gasteiger partial charge in [-0.25, -0.2) is 0 Å². The summed E-state index contributed by atoms with van der Waals surface area (Å²) in [6.07, 6.45) is 0.479. The van der Waals surface area contributed by atoms with Crippen LogP contribution in [0.3, 0.4) is 0 Å². The van der Waals surface area contributed by atoms with Gasteiger partial charge in [-0.2, -0.15) is 0 Å². The quantitative estimate of drug-likeness (QED) is 0.419. The SMILES string of the molecule is O=C(Nc1ccc(OCC(O)COc2cccc([N+](=O)[O-])c2)cc1)c1ccco1. The largest absolute Gasteiger partial charge is 0.491 e. The molecule has 1 heterocycles. The maximum atomic E-state index is 11.9. The van der Waals surface area contributed by atoms with Gasteiger partial charge in [-0.1, -0.05) is 6.07 Å². The summed E-state index contributed by atoms with van der Waals surface area (Å²) in [4.78, 5) is 22.1. The molecular formula is C20H18N2O7. The second-order valence-corrected chi connectivity index (χ2v) is 5.99. The zero-order valence-corrected chi connectivity index (χ0v) is 15.2. The minimum absolute atomic E-state index is 0.0347. The van der Waals surface area contributed by atoms with Crippen LogP contribution in [0.4, 0.5) is 11.4 Å². The minimum Gasteiger partial charge on any atom is -0.491 e. The van der Waals surface area contributed by atoms with Crippen LogP contribution in [-0.4, -0.2) is 35.3 Å². The number of carbonyl (C=O) groups is 1. The number of hydrogen-bond acceptors (Lipinski definition) is 7. The smallest absolute Gasteiger partial charge is 0.291 e. The molecule has 0 spiro atoms. The summed E-state index contributed by atoms with van der Waals surface area (Å²) in [5.41, 5.74) is 0.473. The number of ether oxygens (including phenoxy) is 2. The predicted molar refractivity (Wildman–Crippen MR) is 103 cm³/mol. The number of aliphatic hydroxyl groups is 1. The second-order valence-electron chi connectivity index (χ2n) is 5.99. The maximum Gasteiger partial charge on any atom is 0.291 e. The van der Waals surface area contributed by atoms with Gasteiger partial charge in [-0.15, -0.1) is 0 Å². The lowest BCUT2D eigenvalue weighted by Gasteiger charge is -2.14. The van der Waals surface area contributed by atoms with E-state index < -0.39 is 11.0 Å². The Balaban J connectivity index is 1.44. The maximum absolute atomic E-state index is 11.9. The molecule has 2 aromatic carbocycles. The molecule has 2 N–H and O–H groups in total. The van der Waals surface area contributed by atoms with Crippen molar-refractivity contribution in [2.75, 3.05) is 18.5 Å². The van der Waals surface area contributed by atoms with E-state index in [-0.39, 0.29) is 36.3 Å². The highest BCUT2D eigenvalue weighted by Crippen LogP contribution is 2.20. The first-order valence-electron chi connectivity index (χ1n) is 8.64. The van der Waals surface area contributed by atoms with Crippen LogP contribution in [0.2, 0.25) is 0 Å². The Hall–Kier alpha value is -3.85. The first kappa shape index (κ1) is 19.9. The molecule has 0 fully saturated rings. The number of nitrogens with zero attached hydrogens (tertiary/aromatic N) is 1. The normalized spacial score (nSPS) is 11.5. The number of nitrogens with one attached hydrogen (secondary N) is 1. The van der Waals surface area contributed by atoms with Gasteiger partial charge in [-0.05, 0) is 42.5 Å². The minimum atomic E-state index is -0.937. The summed E-state index contributed by atoms with van der Waals surface area (Å²) in [6, 6.07) is 15.5. The molecule has 1 amide bonds. The van der Waals surface area contributed by atoms with Crippen LogP contribution < -0.4 is 14.8 Å².